The smallest absolute Gasteiger partial charge is 0.432 e. The minimum absolute atomic E-state index is 0.0215. The second kappa shape index (κ2) is 17.6. The van der Waals surface area contributed by atoms with Crippen molar-refractivity contribution in [3.8, 4) is 0 Å². The molecule has 2 saturated heterocycles. The second-order valence-electron chi connectivity index (χ2n) is 15.7. The highest BCUT2D eigenvalue weighted by Gasteiger charge is 2.74. The van der Waals surface area contributed by atoms with Crippen LogP contribution in [0.15, 0.2) is 23.8 Å². The van der Waals surface area contributed by atoms with Crippen LogP contribution in [-0.2, 0) is 55.4 Å². The van der Waals surface area contributed by atoms with Gasteiger partial charge in [-0.3, -0.25) is 27.5 Å². The topological polar surface area (TPSA) is 334 Å². The number of phosphoric ester groups is 1. The number of nitrogen functional groups attached to an aromatic ring is 1. The number of aryl methyl sites for hydroxylation is 1. The zero-order valence-corrected chi connectivity index (χ0v) is 36.9. The standard InChI is InChI=1S/C34H45N9O17P2S/c1-15(2)56-32(47)51-13-55-61(49)54-9-34-6-19(34)23(42-11-38-21-27(35)36-10-37-28(21)42)24(45)26(34)60-62(50,63-14-52-33(48)57-16(3)4)53-8-20-18(7-44)25(59-61)31(58-20)43-12-39-22-29(43)40-17(5)41-30(22)46/h10-12,15-16,18-20,23-26,31,44-45H,6-9,13-14H2,1-5H3,(H2,35,36,37)(H,40,41,46)/t18-,19-,20-,23-,24+,25-,26+,31-,34?,61-,62-/m1/s1. The summed E-state index contributed by atoms with van der Waals surface area (Å²) in [6, 6.07) is -0.881. The van der Waals surface area contributed by atoms with Gasteiger partial charge >= 0.3 is 26.9 Å². The van der Waals surface area contributed by atoms with Gasteiger partial charge in [0.1, 0.15) is 36.0 Å². The number of imidazole rings is 2. The van der Waals surface area contributed by atoms with Gasteiger partial charge in [-0.05, 0) is 47.0 Å². The van der Waals surface area contributed by atoms with Crippen molar-refractivity contribution in [3.05, 3.63) is 35.2 Å². The van der Waals surface area contributed by atoms with E-state index >= 15 is 9.13 Å². The van der Waals surface area contributed by atoms with Crippen molar-refractivity contribution in [2.75, 3.05) is 38.3 Å². The Morgan fingerprint density at radius 3 is 2.46 bits per heavy atom. The van der Waals surface area contributed by atoms with Gasteiger partial charge in [0.15, 0.2) is 34.8 Å². The van der Waals surface area contributed by atoms with Crippen molar-refractivity contribution in [3.63, 3.8) is 0 Å². The number of nitrogens with two attached hydrogens (primary N) is 1. The summed E-state index contributed by atoms with van der Waals surface area (Å²) in [6.45, 7) is 0.434. The van der Waals surface area contributed by atoms with Gasteiger partial charge in [-0.25, -0.2) is 48.2 Å². The number of hydrogen-bond acceptors (Lipinski definition) is 24. The highest BCUT2D eigenvalue weighted by molar-refractivity contribution is 8.55. The molecule has 5 N–H and O–H groups in total. The largest absolute Gasteiger partial charge is 0.510 e. The van der Waals surface area contributed by atoms with Crippen molar-refractivity contribution in [2.45, 2.75) is 89.9 Å². The van der Waals surface area contributed by atoms with Crippen LogP contribution in [-0.4, -0.2) is 131 Å². The molecule has 344 valence electrons. The first kappa shape index (κ1) is 45.3. The number of anilines is 1. The average molecular weight is 946 g/mol. The molecule has 4 aromatic heterocycles. The van der Waals surface area contributed by atoms with E-state index in [4.69, 9.17) is 52.0 Å². The molecule has 0 radical (unpaired) electrons. The van der Waals surface area contributed by atoms with Gasteiger partial charge < -0.3 is 49.2 Å². The van der Waals surface area contributed by atoms with Crippen molar-refractivity contribution in [1.82, 2.24) is 39.0 Å². The van der Waals surface area contributed by atoms with Crippen molar-refractivity contribution in [1.29, 1.82) is 0 Å². The lowest BCUT2D eigenvalue weighted by Crippen LogP contribution is -2.38. The molecule has 1 unspecified atom stereocenters. The summed E-state index contributed by atoms with van der Waals surface area (Å²) in [6.07, 6.45) is -6.32. The monoisotopic (exact) mass is 945 g/mol. The third kappa shape index (κ3) is 8.93. The molecule has 2 aliphatic heterocycles. The Morgan fingerprint density at radius 1 is 1.02 bits per heavy atom. The molecule has 2 aliphatic carbocycles. The van der Waals surface area contributed by atoms with Gasteiger partial charge in [-0.1, -0.05) is 0 Å². The van der Waals surface area contributed by atoms with E-state index in [1.807, 2.05) is 0 Å². The molecule has 4 aromatic rings. The number of hydrogen-bond donors (Lipinski definition) is 4. The minimum atomic E-state index is -4.99. The molecule has 2 bridgehead atoms. The number of nitrogens with one attached hydrogen (secondary N) is 1. The van der Waals surface area contributed by atoms with Crippen LogP contribution in [0.4, 0.5) is 15.4 Å². The summed E-state index contributed by atoms with van der Waals surface area (Å²) < 4.78 is 89.9. The fraction of sp³-hybridized carbons (Fsp3) is 0.647. The predicted octanol–water partition coefficient (Wildman–Crippen LogP) is 3.10. The molecular formula is C34H45N9O17P2S. The number of phosphoric acid groups is 1. The van der Waals surface area contributed by atoms with E-state index in [2.05, 4.69) is 29.9 Å². The molecule has 26 nitrogen and oxygen atoms in total. The van der Waals surface area contributed by atoms with E-state index in [1.54, 1.807) is 32.3 Å². The Bertz CT molecular complexity index is 2520. The normalized spacial score (nSPS) is 33.0. The molecule has 1 spiro atoms. The number of carbonyl (C=O) groups excluding carboxylic acids is 2. The van der Waals surface area contributed by atoms with E-state index in [1.165, 1.54) is 30.5 Å². The van der Waals surface area contributed by atoms with E-state index in [-0.39, 0.29) is 40.4 Å². The quantitative estimate of drug-likeness (QED) is 0.0953. The lowest BCUT2D eigenvalue weighted by molar-refractivity contribution is -0.0688. The highest BCUT2D eigenvalue weighted by Crippen LogP contribution is 2.74. The van der Waals surface area contributed by atoms with Crippen molar-refractivity contribution in [2.24, 2.45) is 17.3 Å². The minimum Gasteiger partial charge on any atom is -0.432 e. The highest BCUT2D eigenvalue weighted by atomic mass is 32.7. The third-order valence-electron chi connectivity index (χ3n) is 10.9. The number of fused-ring (bicyclic) bond motifs is 4. The van der Waals surface area contributed by atoms with Crippen LogP contribution in [0, 0.1) is 24.2 Å². The van der Waals surface area contributed by atoms with Crippen LogP contribution in [0.5, 0.6) is 0 Å². The van der Waals surface area contributed by atoms with Crippen LogP contribution >= 0.6 is 26.0 Å². The SMILES string of the molecule is Cc1nc2c(ncn2[C@@H]2O[C@@H]3CO[P@@](=O)(SCOC(=O)OC(C)C)O[C@H]4[C@@H](O)[C@H](n5cnc6c(N)ncnc65)[C@H]5CC54CO[P@](=O)(OCOC(=O)OC(C)C)O[C@@H]2[C@@H]3CO)c(=O)[nH]1. The number of aromatic nitrogens is 8. The molecule has 0 amide bonds. The summed E-state index contributed by atoms with van der Waals surface area (Å²) in [5.74, 6) is -2.05. The molecule has 4 aliphatic rings. The van der Waals surface area contributed by atoms with Gasteiger partial charge in [0.2, 0.25) is 6.79 Å². The lowest BCUT2D eigenvalue weighted by Gasteiger charge is -2.32. The summed E-state index contributed by atoms with van der Waals surface area (Å²) in [5.41, 5.74) is 4.64. The third-order valence-corrected chi connectivity index (χ3v) is 15.6. The van der Waals surface area contributed by atoms with E-state index in [0.29, 0.717) is 11.4 Å². The number of aromatic amines is 1. The van der Waals surface area contributed by atoms with Gasteiger partial charge in [-0.2, -0.15) is 0 Å². The fourth-order valence-electron chi connectivity index (χ4n) is 8.08. The van der Waals surface area contributed by atoms with E-state index in [0.717, 1.165) is 0 Å². The molecule has 0 aromatic carbocycles. The van der Waals surface area contributed by atoms with Crippen LogP contribution < -0.4 is 11.3 Å². The maximum Gasteiger partial charge on any atom is 0.510 e. The first-order valence-electron chi connectivity index (χ1n) is 19.6. The Hall–Kier alpha value is -4.27. The summed E-state index contributed by atoms with van der Waals surface area (Å²) in [5, 5.41) is 23.0. The van der Waals surface area contributed by atoms with Crippen LogP contribution in [0.25, 0.3) is 22.3 Å². The number of aliphatic hydroxyl groups excluding tert-OH is 2. The van der Waals surface area contributed by atoms with Gasteiger partial charge in [0.05, 0.1) is 56.8 Å². The molecule has 11 atom stereocenters. The Kier molecular flexibility index (Phi) is 12.7. The molecule has 29 heteroatoms. The first-order chi connectivity index (χ1) is 29.9. The van der Waals surface area contributed by atoms with E-state index in [9.17, 15) is 24.6 Å². The number of nitrogens with zero attached hydrogens (tertiary/aromatic N) is 7. The molecule has 8 rings (SSSR count). The number of ether oxygens (including phenoxy) is 5. The van der Waals surface area contributed by atoms with Crippen molar-refractivity contribution >= 4 is 66.5 Å². The predicted molar refractivity (Wildman–Crippen MR) is 213 cm³/mol. The maximum absolute atomic E-state index is 15.0. The van der Waals surface area contributed by atoms with Crippen LogP contribution in [0.3, 0.4) is 0 Å². The Balaban J connectivity index is 1.19. The maximum atomic E-state index is 15.0. The van der Waals surface area contributed by atoms with Crippen molar-refractivity contribution < 1.29 is 75.2 Å². The van der Waals surface area contributed by atoms with Gasteiger partial charge in [0, 0.05) is 22.7 Å². The second-order valence-corrected chi connectivity index (χ2v) is 21.3. The Labute approximate surface area is 360 Å². The van der Waals surface area contributed by atoms with Crippen LogP contribution in [0.1, 0.15) is 52.2 Å². The summed E-state index contributed by atoms with van der Waals surface area (Å²) in [4.78, 5) is 61.3. The molecule has 6 heterocycles. The summed E-state index contributed by atoms with van der Waals surface area (Å²) in [7, 11) is -4.99. The van der Waals surface area contributed by atoms with Gasteiger partial charge in [0.25, 0.3) is 5.56 Å². The molecule has 63 heavy (non-hydrogen) atoms. The number of rotatable bonds is 11. The Morgan fingerprint density at radius 2 is 1.73 bits per heavy atom. The zero-order valence-electron chi connectivity index (χ0n) is 34.3. The van der Waals surface area contributed by atoms with E-state index < -0.39 is 131 Å². The molecule has 4 fully saturated rings. The number of aliphatic hydroxyl groups is 2. The number of carbonyl (C=O) groups is 2. The summed E-state index contributed by atoms with van der Waals surface area (Å²) >= 11 is 0.466. The molecule has 2 saturated carbocycles. The average Bonchev–Trinajstić information content (AvgIpc) is 3.50. The van der Waals surface area contributed by atoms with Gasteiger partial charge in [-0.15, -0.1) is 0 Å². The lowest BCUT2D eigenvalue weighted by atomic mass is 9.99. The van der Waals surface area contributed by atoms with Crippen LogP contribution in [0.2, 0.25) is 0 Å². The first-order valence-corrected chi connectivity index (χ1v) is 24.2. The molecular weight excluding hydrogens is 900 g/mol. The number of H-pyrrole nitrogens is 1. The zero-order chi connectivity index (χ0) is 45.0. The fourth-order valence-corrected chi connectivity index (χ4v) is 12.2.